The number of nitrogens with one attached hydrogen (secondary N) is 1. The number of sulfonamides is 1. The van der Waals surface area contributed by atoms with E-state index in [1.165, 1.54) is 4.31 Å². The minimum atomic E-state index is -3.56. The van der Waals surface area contributed by atoms with Gasteiger partial charge in [0.1, 0.15) is 17.0 Å². The molecule has 28 heavy (non-hydrogen) atoms. The smallest absolute Gasteiger partial charge is 0.262 e. The Hall–Kier alpha value is -2.72. The van der Waals surface area contributed by atoms with E-state index in [4.69, 9.17) is 0 Å². The van der Waals surface area contributed by atoms with E-state index >= 15 is 0 Å². The standard InChI is InChI=1S/C18H21N7O2S/c1-12-22-16(10-23(12)2)28(26,27)24-7-4-13(5-8-24)25-11-21-15-9-20-18-14(17(15)25)3-6-19-18/h3,6,9-11,13H,4-5,7-8H2,1-2H3,(H,19,20). The Morgan fingerprint density at radius 1 is 1.21 bits per heavy atom. The largest absolute Gasteiger partial charge is 0.346 e. The molecule has 9 nitrogen and oxygen atoms in total. The summed E-state index contributed by atoms with van der Waals surface area (Å²) in [6, 6.07) is 2.20. The molecule has 0 aliphatic carbocycles. The number of hydrogen-bond acceptors (Lipinski definition) is 5. The van der Waals surface area contributed by atoms with Crippen molar-refractivity contribution in [3.8, 4) is 0 Å². The zero-order valence-corrected chi connectivity index (χ0v) is 16.5. The first-order valence-corrected chi connectivity index (χ1v) is 10.7. The van der Waals surface area contributed by atoms with Gasteiger partial charge in [-0.2, -0.15) is 4.31 Å². The van der Waals surface area contributed by atoms with Crippen LogP contribution in [0.2, 0.25) is 0 Å². The van der Waals surface area contributed by atoms with E-state index in [1.807, 2.05) is 18.6 Å². The summed E-state index contributed by atoms with van der Waals surface area (Å²) < 4.78 is 31.3. The number of H-pyrrole nitrogens is 1. The summed E-state index contributed by atoms with van der Waals surface area (Å²) in [4.78, 5) is 16.2. The number of aryl methyl sites for hydroxylation is 2. The number of aromatic nitrogens is 6. The van der Waals surface area contributed by atoms with E-state index in [0.717, 1.165) is 34.9 Å². The van der Waals surface area contributed by atoms with Crippen LogP contribution < -0.4 is 0 Å². The minimum absolute atomic E-state index is 0.124. The molecule has 0 unspecified atom stereocenters. The summed E-state index contributed by atoms with van der Waals surface area (Å²) in [5.74, 6) is 0.683. The average Bonchev–Trinajstić information content (AvgIpc) is 3.40. The van der Waals surface area contributed by atoms with Gasteiger partial charge in [0.05, 0.1) is 18.0 Å². The lowest BCUT2D eigenvalue weighted by atomic mass is 10.1. The zero-order chi connectivity index (χ0) is 19.5. The van der Waals surface area contributed by atoms with Crippen LogP contribution in [-0.2, 0) is 17.1 Å². The molecular formula is C18H21N7O2S. The molecule has 1 aliphatic rings. The van der Waals surface area contributed by atoms with Crippen LogP contribution in [0.15, 0.2) is 36.0 Å². The van der Waals surface area contributed by atoms with E-state index < -0.39 is 10.0 Å². The number of aromatic amines is 1. The topological polar surface area (TPSA) is 102 Å². The van der Waals surface area contributed by atoms with Gasteiger partial charge < -0.3 is 14.1 Å². The third-order valence-corrected chi connectivity index (χ3v) is 7.40. The molecule has 0 bridgehead atoms. The first kappa shape index (κ1) is 17.4. The average molecular weight is 399 g/mol. The van der Waals surface area contributed by atoms with Crippen LogP contribution in [-0.4, -0.2) is 54.9 Å². The molecule has 0 saturated carbocycles. The highest BCUT2D eigenvalue weighted by molar-refractivity contribution is 7.89. The molecule has 1 aliphatic heterocycles. The Labute approximate surface area is 162 Å². The van der Waals surface area contributed by atoms with Crippen LogP contribution >= 0.6 is 0 Å². The molecule has 1 fully saturated rings. The second-order valence-electron chi connectivity index (χ2n) is 7.26. The summed E-state index contributed by atoms with van der Waals surface area (Å²) >= 11 is 0. The molecule has 4 aromatic rings. The predicted octanol–water partition coefficient (Wildman–Crippen LogP) is 1.98. The first-order valence-electron chi connectivity index (χ1n) is 9.24. The third-order valence-electron chi connectivity index (χ3n) is 5.63. The number of nitrogens with zero attached hydrogens (tertiary/aromatic N) is 6. The maximum Gasteiger partial charge on any atom is 0.262 e. The van der Waals surface area contributed by atoms with Crippen LogP contribution in [0.1, 0.15) is 24.7 Å². The molecule has 10 heteroatoms. The molecule has 0 radical (unpaired) electrons. The fraction of sp³-hybridized carbons (Fsp3) is 0.389. The molecule has 0 amide bonds. The number of hydrogen-bond donors (Lipinski definition) is 1. The van der Waals surface area contributed by atoms with Crippen LogP contribution in [0, 0.1) is 6.92 Å². The summed E-state index contributed by atoms with van der Waals surface area (Å²) in [7, 11) is -1.76. The van der Waals surface area contributed by atoms with Gasteiger partial charge in [-0.1, -0.05) is 0 Å². The lowest BCUT2D eigenvalue weighted by Crippen LogP contribution is -2.39. The van der Waals surface area contributed by atoms with E-state index in [-0.39, 0.29) is 11.1 Å². The highest BCUT2D eigenvalue weighted by Crippen LogP contribution is 2.31. The van der Waals surface area contributed by atoms with Crippen molar-refractivity contribution in [1.29, 1.82) is 0 Å². The predicted molar refractivity (Wildman–Crippen MR) is 104 cm³/mol. The first-order chi connectivity index (χ1) is 13.4. The van der Waals surface area contributed by atoms with E-state index in [2.05, 4.69) is 24.5 Å². The molecule has 5 heterocycles. The maximum absolute atomic E-state index is 12.9. The lowest BCUT2D eigenvalue weighted by Gasteiger charge is -2.31. The van der Waals surface area contributed by atoms with Crippen molar-refractivity contribution in [3.05, 3.63) is 36.8 Å². The normalized spacial score (nSPS) is 17.1. The van der Waals surface area contributed by atoms with Gasteiger partial charge >= 0.3 is 0 Å². The zero-order valence-electron chi connectivity index (χ0n) is 15.7. The van der Waals surface area contributed by atoms with Crippen molar-refractivity contribution in [2.75, 3.05) is 13.1 Å². The monoisotopic (exact) mass is 399 g/mol. The third kappa shape index (κ3) is 2.55. The fourth-order valence-electron chi connectivity index (χ4n) is 3.95. The van der Waals surface area contributed by atoms with Gasteiger partial charge in [0, 0.05) is 44.0 Å². The van der Waals surface area contributed by atoms with Crippen molar-refractivity contribution in [2.45, 2.75) is 30.8 Å². The summed E-state index contributed by atoms with van der Waals surface area (Å²) in [6.07, 6.45) is 8.52. The Morgan fingerprint density at radius 2 is 2.00 bits per heavy atom. The molecule has 4 aromatic heterocycles. The highest BCUT2D eigenvalue weighted by Gasteiger charge is 2.32. The van der Waals surface area contributed by atoms with Gasteiger partial charge in [-0.05, 0) is 25.8 Å². The van der Waals surface area contributed by atoms with Crippen LogP contribution in [0.5, 0.6) is 0 Å². The van der Waals surface area contributed by atoms with E-state index in [1.54, 1.807) is 30.9 Å². The number of fused-ring (bicyclic) bond motifs is 3. The molecule has 0 aromatic carbocycles. The van der Waals surface area contributed by atoms with Gasteiger partial charge in [-0.15, -0.1) is 0 Å². The summed E-state index contributed by atoms with van der Waals surface area (Å²) in [5.41, 5.74) is 2.74. The van der Waals surface area contributed by atoms with Gasteiger partial charge in [0.2, 0.25) is 0 Å². The number of imidazole rings is 2. The number of piperidine rings is 1. The maximum atomic E-state index is 12.9. The SMILES string of the molecule is Cc1nc(S(=O)(=O)N2CCC(n3cnc4cnc5[nH]ccc5c43)CC2)cn1C. The second kappa shape index (κ2) is 6.14. The Bertz CT molecular complexity index is 1260. The van der Waals surface area contributed by atoms with Gasteiger partial charge in [0.15, 0.2) is 5.03 Å². The highest BCUT2D eigenvalue weighted by atomic mass is 32.2. The van der Waals surface area contributed by atoms with Crippen LogP contribution in [0.25, 0.3) is 22.1 Å². The van der Waals surface area contributed by atoms with Gasteiger partial charge in [-0.3, -0.25) is 0 Å². The molecule has 1 saturated heterocycles. The summed E-state index contributed by atoms with van der Waals surface area (Å²) in [5, 5.41) is 1.16. The van der Waals surface area contributed by atoms with E-state index in [0.29, 0.717) is 18.9 Å². The number of rotatable bonds is 3. The quantitative estimate of drug-likeness (QED) is 0.568. The van der Waals surface area contributed by atoms with Crippen molar-refractivity contribution in [3.63, 3.8) is 0 Å². The lowest BCUT2D eigenvalue weighted by molar-refractivity contribution is 0.277. The molecule has 1 N–H and O–H groups in total. The van der Waals surface area contributed by atoms with Crippen molar-refractivity contribution >= 4 is 32.1 Å². The second-order valence-corrected chi connectivity index (χ2v) is 9.14. The molecule has 0 spiro atoms. The summed E-state index contributed by atoms with van der Waals surface area (Å²) in [6.45, 7) is 2.72. The molecule has 146 valence electrons. The molecule has 0 atom stereocenters. The number of pyridine rings is 1. The van der Waals surface area contributed by atoms with Crippen LogP contribution in [0.3, 0.4) is 0 Å². The Kier molecular flexibility index (Phi) is 3.81. The van der Waals surface area contributed by atoms with Crippen molar-refractivity contribution in [1.82, 2.24) is 33.4 Å². The Morgan fingerprint density at radius 3 is 2.71 bits per heavy atom. The van der Waals surface area contributed by atoms with Gasteiger partial charge in [0.25, 0.3) is 10.0 Å². The van der Waals surface area contributed by atoms with Gasteiger partial charge in [-0.25, -0.2) is 23.4 Å². The van der Waals surface area contributed by atoms with E-state index in [9.17, 15) is 8.42 Å². The van der Waals surface area contributed by atoms with Crippen molar-refractivity contribution < 1.29 is 8.42 Å². The fourth-order valence-corrected chi connectivity index (χ4v) is 5.45. The molecular weight excluding hydrogens is 378 g/mol. The minimum Gasteiger partial charge on any atom is -0.346 e. The van der Waals surface area contributed by atoms with Crippen molar-refractivity contribution in [2.24, 2.45) is 7.05 Å². The van der Waals surface area contributed by atoms with Crippen LogP contribution in [0.4, 0.5) is 0 Å². The molecule has 5 rings (SSSR count). The Balaban J connectivity index is 1.42.